The van der Waals surface area contributed by atoms with Crippen LogP contribution in [0, 0.1) is 0 Å². The quantitative estimate of drug-likeness (QED) is 0.293. The second kappa shape index (κ2) is 10.3. The monoisotopic (exact) mass is 414 g/mol. The van der Waals surface area contributed by atoms with Gasteiger partial charge in [0.2, 0.25) is 20.0 Å². The normalized spacial score (nSPS) is 13.3. The van der Waals surface area contributed by atoms with E-state index >= 15 is 0 Å². The highest BCUT2D eigenvalue weighted by atomic mass is 32.3. The summed E-state index contributed by atoms with van der Waals surface area (Å²) >= 11 is 0. The van der Waals surface area contributed by atoms with E-state index in [1.54, 1.807) is 0 Å². The van der Waals surface area contributed by atoms with Crippen LogP contribution in [0.2, 0.25) is 0 Å². The summed E-state index contributed by atoms with van der Waals surface area (Å²) in [5.74, 6) is -5.17. The molecule has 0 aromatic rings. The van der Waals surface area contributed by atoms with Crippen LogP contribution >= 0.6 is 0 Å². The Bertz CT molecular complexity index is 496. The molecule has 0 aliphatic rings. The highest BCUT2D eigenvalue weighted by Gasteiger charge is 2.41. The van der Waals surface area contributed by atoms with E-state index < -0.39 is 43.9 Å². The van der Waals surface area contributed by atoms with Crippen molar-refractivity contribution in [2.75, 3.05) is 37.8 Å². The van der Waals surface area contributed by atoms with Crippen LogP contribution in [0.4, 0.5) is 26.3 Å². The summed E-state index contributed by atoms with van der Waals surface area (Å²) in [6.45, 7) is 1.42. The molecule has 0 bridgehead atoms. The van der Waals surface area contributed by atoms with E-state index in [4.69, 9.17) is 10.2 Å². The van der Waals surface area contributed by atoms with Gasteiger partial charge in [-0.05, 0) is 0 Å². The molecule has 0 aliphatic heterocycles. The Balaban J connectivity index is 0. The van der Waals surface area contributed by atoms with Crippen molar-refractivity contribution in [2.24, 2.45) is 0 Å². The molecule has 0 amide bonds. The van der Waals surface area contributed by atoms with Crippen molar-refractivity contribution >= 4 is 20.0 Å². The van der Waals surface area contributed by atoms with Crippen molar-refractivity contribution in [3.63, 3.8) is 0 Å². The van der Waals surface area contributed by atoms with Gasteiger partial charge in [0.15, 0.2) is 11.5 Å². The van der Waals surface area contributed by atoms with Crippen LogP contribution in [0.1, 0.15) is 0 Å². The number of aliphatic hydroxyl groups excluding tert-OH is 2. The number of hydrogen-bond acceptors (Lipinski definition) is 7. The van der Waals surface area contributed by atoms with E-state index in [-0.39, 0.29) is 13.2 Å². The zero-order valence-corrected chi connectivity index (χ0v) is 13.5. The number of hydrogen-bond donors (Lipinski definition) is 4. The van der Waals surface area contributed by atoms with Gasteiger partial charge in [0, 0.05) is 13.1 Å². The smallest absolute Gasteiger partial charge is 0.395 e. The highest BCUT2D eigenvalue weighted by molar-refractivity contribution is 8.04. The van der Waals surface area contributed by atoms with Crippen LogP contribution in [-0.4, -0.2) is 77.2 Å². The molecule has 0 aromatic carbocycles. The number of alkyl halides is 6. The van der Waals surface area contributed by atoms with Crippen molar-refractivity contribution in [1.29, 1.82) is 0 Å². The van der Waals surface area contributed by atoms with Gasteiger partial charge >= 0.3 is 12.4 Å². The maximum absolute atomic E-state index is 11.6. The van der Waals surface area contributed by atoms with Crippen molar-refractivity contribution in [3.8, 4) is 0 Å². The Morgan fingerprint density at radius 2 is 1.00 bits per heavy atom. The minimum Gasteiger partial charge on any atom is -0.395 e. The molecule has 0 fully saturated rings. The maximum Gasteiger partial charge on any atom is 0.404 e. The van der Waals surface area contributed by atoms with E-state index in [1.807, 2.05) is 0 Å². The molecule has 0 saturated carbocycles. The third-order valence-corrected chi connectivity index (χ3v) is 4.98. The fraction of sp³-hybridized carbons (Fsp3) is 1.00. The standard InChI is InChI=1S/C4H5F6NO4S2.C4H11NO2/c5-3(6,7)1-16(12,13)11-17(14,15)2-4(8,9)10;6-3-1-5-2-4-7/h11H,1-2H2;5-7H,1-4H2. The number of sulfonamides is 2. The SMILES string of the molecule is O=S(=O)(CC(F)(F)F)NS(=O)(=O)CC(F)(F)F.OCCNCCO. The molecule has 0 saturated heterocycles. The molecular formula is C8H16F6N2O6S2. The van der Waals surface area contributed by atoms with Gasteiger partial charge in [0.05, 0.1) is 13.2 Å². The molecule has 0 atom stereocenters. The van der Waals surface area contributed by atoms with Crippen LogP contribution < -0.4 is 9.44 Å². The van der Waals surface area contributed by atoms with Gasteiger partial charge in [0.25, 0.3) is 0 Å². The summed E-state index contributed by atoms with van der Waals surface area (Å²) in [4.78, 5) is 0. The summed E-state index contributed by atoms with van der Waals surface area (Å²) in [6, 6.07) is 0. The second-order valence-electron chi connectivity index (χ2n) is 4.03. The Kier molecular flexibility index (Phi) is 11.0. The Morgan fingerprint density at radius 3 is 1.21 bits per heavy atom. The van der Waals surface area contributed by atoms with Gasteiger partial charge in [-0.1, -0.05) is 0 Å². The van der Waals surface area contributed by atoms with Crippen molar-refractivity contribution in [1.82, 2.24) is 9.44 Å². The lowest BCUT2D eigenvalue weighted by Gasteiger charge is -2.11. The van der Waals surface area contributed by atoms with Gasteiger partial charge < -0.3 is 15.5 Å². The molecule has 0 unspecified atom stereocenters. The summed E-state index contributed by atoms with van der Waals surface area (Å²) in [6.07, 6.45) is -10.5. The molecule has 24 heavy (non-hydrogen) atoms. The number of halogens is 6. The van der Waals surface area contributed by atoms with E-state index in [2.05, 4.69) is 5.32 Å². The first kappa shape index (κ1) is 25.6. The topological polar surface area (TPSA) is 133 Å². The lowest BCUT2D eigenvalue weighted by Crippen LogP contribution is -2.41. The van der Waals surface area contributed by atoms with Gasteiger partial charge in [0.1, 0.15) is 0 Å². The molecule has 0 spiro atoms. The number of nitrogens with one attached hydrogen (secondary N) is 2. The van der Waals surface area contributed by atoms with E-state index in [1.165, 1.54) is 0 Å². The lowest BCUT2D eigenvalue weighted by molar-refractivity contribution is -0.107. The van der Waals surface area contributed by atoms with Crippen molar-refractivity contribution in [2.45, 2.75) is 12.4 Å². The zero-order valence-electron chi connectivity index (χ0n) is 11.9. The number of aliphatic hydroxyl groups is 2. The summed E-state index contributed by atoms with van der Waals surface area (Å²) in [7, 11) is -10.9. The summed E-state index contributed by atoms with van der Waals surface area (Å²) < 4.78 is 112. The summed E-state index contributed by atoms with van der Waals surface area (Å²) in [5, 5.41) is 19.1. The lowest BCUT2D eigenvalue weighted by atomic mass is 10.6. The Hall–Kier alpha value is -0.680. The Labute approximate surface area is 134 Å². The van der Waals surface area contributed by atoms with E-state index in [0.717, 1.165) is 0 Å². The molecule has 0 rings (SSSR count). The van der Waals surface area contributed by atoms with Crippen LogP contribution in [0.5, 0.6) is 0 Å². The molecule has 16 heteroatoms. The average molecular weight is 414 g/mol. The van der Waals surface area contributed by atoms with Gasteiger partial charge in [-0.2, -0.15) is 26.3 Å². The molecule has 8 nitrogen and oxygen atoms in total. The fourth-order valence-electron chi connectivity index (χ4n) is 0.966. The molecule has 0 heterocycles. The largest absolute Gasteiger partial charge is 0.404 e. The zero-order chi connectivity index (χ0) is 19.7. The molecule has 148 valence electrons. The van der Waals surface area contributed by atoms with Crippen molar-refractivity contribution in [3.05, 3.63) is 0 Å². The molecule has 0 radical (unpaired) electrons. The molecule has 0 aliphatic carbocycles. The average Bonchev–Trinajstić information content (AvgIpc) is 2.21. The third-order valence-electron chi connectivity index (χ3n) is 1.54. The Morgan fingerprint density at radius 1 is 0.708 bits per heavy atom. The first-order valence-corrected chi connectivity index (χ1v) is 9.14. The first-order valence-electron chi connectivity index (χ1n) is 5.83. The van der Waals surface area contributed by atoms with Crippen LogP contribution in [-0.2, 0) is 20.0 Å². The fourth-order valence-corrected chi connectivity index (χ4v) is 3.85. The first-order chi connectivity index (χ1) is 10.5. The molecule has 0 aromatic heterocycles. The second-order valence-corrected chi connectivity index (χ2v) is 7.73. The number of rotatable bonds is 8. The molecular weight excluding hydrogens is 398 g/mol. The molecule has 4 N–H and O–H groups in total. The van der Waals surface area contributed by atoms with E-state index in [9.17, 15) is 43.2 Å². The van der Waals surface area contributed by atoms with Gasteiger partial charge in [-0.25, -0.2) is 16.8 Å². The predicted molar refractivity (Wildman–Crippen MR) is 69.9 cm³/mol. The van der Waals surface area contributed by atoms with Crippen LogP contribution in [0.15, 0.2) is 0 Å². The minimum absolute atomic E-state index is 0.139. The third kappa shape index (κ3) is 19.4. The minimum atomic E-state index is -5.43. The van der Waals surface area contributed by atoms with Gasteiger partial charge in [-0.15, -0.1) is 4.13 Å². The predicted octanol–water partition coefficient (Wildman–Crippen LogP) is -1.08. The highest BCUT2D eigenvalue weighted by Crippen LogP contribution is 2.19. The summed E-state index contributed by atoms with van der Waals surface area (Å²) in [5.41, 5.74) is 0. The van der Waals surface area contributed by atoms with Crippen molar-refractivity contribution < 1.29 is 53.4 Å². The van der Waals surface area contributed by atoms with Crippen LogP contribution in [0.25, 0.3) is 0 Å². The van der Waals surface area contributed by atoms with E-state index in [0.29, 0.717) is 17.2 Å². The maximum atomic E-state index is 11.6. The van der Waals surface area contributed by atoms with Gasteiger partial charge in [-0.3, -0.25) is 0 Å². The van der Waals surface area contributed by atoms with Crippen LogP contribution in [0.3, 0.4) is 0 Å².